The van der Waals surface area contributed by atoms with Gasteiger partial charge in [0, 0.05) is 11.3 Å². The molecule has 0 aliphatic heterocycles. The molecule has 0 aliphatic carbocycles. The lowest BCUT2D eigenvalue weighted by Crippen LogP contribution is -2.13. The van der Waals surface area contributed by atoms with E-state index in [9.17, 15) is 0 Å². The van der Waals surface area contributed by atoms with Gasteiger partial charge in [-0.15, -0.1) is 0 Å². The fourth-order valence-corrected chi connectivity index (χ4v) is 1.41. The number of nitrogens with zero attached hydrogens (tertiary/aromatic N) is 2. The minimum absolute atomic E-state index is 0.719. The van der Waals surface area contributed by atoms with E-state index in [1.807, 2.05) is 20.1 Å². The quantitative estimate of drug-likeness (QED) is 0.565. The highest BCUT2D eigenvalue weighted by Crippen LogP contribution is 2.15. The highest BCUT2D eigenvalue weighted by atomic mass is 32.2. The molecule has 0 radical (unpaired) electrons. The van der Waals surface area contributed by atoms with E-state index in [0.717, 1.165) is 28.7 Å². The molecule has 0 saturated heterocycles. The van der Waals surface area contributed by atoms with E-state index in [4.69, 9.17) is 5.84 Å². The predicted molar refractivity (Wildman–Crippen MR) is 56.5 cm³/mol. The van der Waals surface area contributed by atoms with Crippen molar-refractivity contribution in [1.82, 2.24) is 9.97 Å². The molecule has 1 heterocycles. The SMILES string of the molecule is CSCc1nc(C)c(C)c(NN)n1. The molecule has 0 saturated carbocycles. The number of hydrogen-bond donors (Lipinski definition) is 2. The first-order chi connectivity index (χ1) is 6.19. The molecule has 0 unspecified atom stereocenters. The minimum Gasteiger partial charge on any atom is -0.308 e. The molecule has 0 fully saturated rings. The van der Waals surface area contributed by atoms with Crippen molar-refractivity contribution in [1.29, 1.82) is 0 Å². The normalized spacial score (nSPS) is 10.2. The summed E-state index contributed by atoms with van der Waals surface area (Å²) in [5.41, 5.74) is 4.56. The maximum Gasteiger partial charge on any atom is 0.146 e. The van der Waals surface area contributed by atoms with Crippen molar-refractivity contribution in [2.24, 2.45) is 5.84 Å². The molecule has 13 heavy (non-hydrogen) atoms. The van der Waals surface area contributed by atoms with Crippen LogP contribution in [0.1, 0.15) is 17.1 Å². The van der Waals surface area contributed by atoms with Crippen LogP contribution in [0.2, 0.25) is 0 Å². The van der Waals surface area contributed by atoms with Gasteiger partial charge in [0.2, 0.25) is 0 Å². The maximum atomic E-state index is 5.34. The molecule has 5 heteroatoms. The molecule has 0 aromatic carbocycles. The zero-order valence-electron chi connectivity index (χ0n) is 8.09. The van der Waals surface area contributed by atoms with E-state index in [0.29, 0.717) is 0 Å². The van der Waals surface area contributed by atoms with Crippen LogP contribution in [-0.4, -0.2) is 16.2 Å². The molecular formula is C8H14N4S. The molecular weight excluding hydrogens is 184 g/mol. The third-order valence-electron chi connectivity index (χ3n) is 1.85. The van der Waals surface area contributed by atoms with Crippen molar-refractivity contribution in [3.8, 4) is 0 Å². The number of thioether (sulfide) groups is 1. The number of hydrazine groups is 1. The number of nitrogen functional groups attached to an aromatic ring is 1. The number of anilines is 1. The third-order valence-corrected chi connectivity index (χ3v) is 2.39. The summed E-state index contributed by atoms with van der Waals surface area (Å²) in [4.78, 5) is 8.62. The third kappa shape index (κ3) is 2.32. The molecule has 1 aromatic heterocycles. The van der Waals surface area contributed by atoms with Gasteiger partial charge in [-0.05, 0) is 20.1 Å². The number of rotatable bonds is 3. The Morgan fingerprint density at radius 3 is 2.62 bits per heavy atom. The molecule has 0 spiro atoms. The van der Waals surface area contributed by atoms with Crippen molar-refractivity contribution >= 4 is 17.6 Å². The second-order valence-electron chi connectivity index (χ2n) is 2.78. The monoisotopic (exact) mass is 198 g/mol. The van der Waals surface area contributed by atoms with Gasteiger partial charge >= 0.3 is 0 Å². The highest BCUT2D eigenvalue weighted by Gasteiger charge is 2.05. The Labute approximate surface area is 82.3 Å². The summed E-state index contributed by atoms with van der Waals surface area (Å²) in [7, 11) is 0. The predicted octanol–water partition coefficient (Wildman–Crippen LogP) is 1.24. The summed E-state index contributed by atoms with van der Waals surface area (Å²) in [6.45, 7) is 3.91. The average Bonchev–Trinajstić information content (AvgIpc) is 2.11. The maximum absolute atomic E-state index is 5.34. The molecule has 4 nitrogen and oxygen atoms in total. The van der Waals surface area contributed by atoms with Gasteiger partial charge in [0.15, 0.2) is 0 Å². The first-order valence-corrected chi connectivity index (χ1v) is 5.38. The smallest absolute Gasteiger partial charge is 0.146 e. The van der Waals surface area contributed by atoms with Crippen molar-refractivity contribution in [2.45, 2.75) is 19.6 Å². The van der Waals surface area contributed by atoms with Crippen LogP contribution in [0.25, 0.3) is 0 Å². The Morgan fingerprint density at radius 2 is 2.08 bits per heavy atom. The first kappa shape index (κ1) is 10.3. The van der Waals surface area contributed by atoms with E-state index < -0.39 is 0 Å². The lowest BCUT2D eigenvalue weighted by molar-refractivity contribution is 0.969. The molecule has 0 amide bonds. The van der Waals surface area contributed by atoms with Crippen molar-refractivity contribution in [3.63, 3.8) is 0 Å². The second kappa shape index (κ2) is 4.43. The lowest BCUT2D eigenvalue weighted by atomic mass is 10.2. The van der Waals surface area contributed by atoms with E-state index in [1.54, 1.807) is 11.8 Å². The van der Waals surface area contributed by atoms with Crippen molar-refractivity contribution in [3.05, 3.63) is 17.1 Å². The van der Waals surface area contributed by atoms with E-state index in [2.05, 4.69) is 15.4 Å². The largest absolute Gasteiger partial charge is 0.308 e. The number of aryl methyl sites for hydroxylation is 1. The zero-order chi connectivity index (χ0) is 9.84. The Kier molecular flexibility index (Phi) is 3.50. The van der Waals surface area contributed by atoms with Crippen LogP contribution in [0, 0.1) is 13.8 Å². The van der Waals surface area contributed by atoms with Crippen molar-refractivity contribution < 1.29 is 0 Å². The second-order valence-corrected chi connectivity index (χ2v) is 3.64. The Hall–Kier alpha value is -0.810. The molecule has 3 N–H and O–H groups in total. The van der Waals surface area contributed by atoms with Crippen LogP contribution in [0.15, 0.2) is 0 Å². The fourth-order valence-electron chi connectivity index (χ4n) is 1.02. The Morgan fingerprint density at radius 1 is 1.38 bits per heavy atom. The molecule has 0 atom stereocenters. The zero-order valence-corrected chi connectivity index (χ0v) is 8.90. The first-order valence-electron chi connectivity index (χ1n) is 3.98. The van der Waals surface area contributed by atoms with Gasteiger partial charge in [0.1, 0.15) is 11.6 Å². The van der Waals surface area contributed by atoms with Crippen LogP contribution >= 0.6 is 11.8 Å². The molecule has 0 bridgehead atoms. The molecule has 72 valence electrons. The van der Waals surface area contributed by atoms with E-state index >= 15 is 0 Å². The Bertz CT molecular complexity index is 300. The van der Waals surface area contributed by atoms with Gasteiger partial charge in [0.05, 0.1) is 5.75 Å². The summed E-state index contributed by atoms with van der Waals surface area (Å²) >= 11 is 1.69. The summed E-state index contributed by atoms with van der Waals surface area (Å²) in [6.07, 6.45) is 2.02. The summed E-state index contributed by atoms with van der Waals surface area (Å²) in [5.74, 6) is 7.69. The number of hydrogen-bond acceptors (Lipinski definition) is 5. The van der Waals surface area contributed by atoms with Gasteiger partial charge in [0.25, 0.3) is 0 Å². The summed E-state index contributed by atoms with van der Waals surface area (Å²) in [5, 5.41) is 0. The summed E-state index contributed by atoms with van der Waals surface area (Å²) < 4.78 is 0. The highest BCUT2D eigenvalue weighted by molar-refractivity contribution is 7.97. The van der Waals surface area contributed by atoms with Crippen LogP contribution in [-0.2, 0) is 5.75 Å². The van der Waals surface area contributed by atoms with E-state index in [-0.39, 0.29) is 0 Å². The number of nitrogens with two attached hydrogens (primary N) is 1. The van der Waals surface area contributed by atoms with Crippen molar-refractivity contribution in [2.75, 3.05) is 11.7 Å². The van der Waals surface area contributed by atoms with E-state index in [1.165, 1.54) is 0 Å². The minimum atomic E-state index is 0.719. The van der Waals surface area contributed by atoms with Crippen LogP contribution < -0.4 is 11.3 Å². The van der Waals surface area contributed by atoms with Gasteiger partial charge in [-0.1, -0.05) is 0 Å². The van der Waals surface area contributed by atoms with Crippen LogP contribution in [0.5, 0.6) is 0 Å². The number of aromatic nitrogens is 2. The number of nitrogens with one attached hydrogen (secondary N) is 1. The van der Waals surface area contributed by atoms with Crippen LogP contribution in [0.4, 0.5) is 5.82 Å². The molecule has 1 rings (SSSR count). The standard InChI is InChI=1S/C8H14N4S/c1-5-6(2)10-7(4-13-3)11-8(5)12-9/h4,9H2,1-3H3,(H,10,11,12). The topological polar surface area (TPSA) is 63.8 Å². The Balaban J connectivity index is 3.06. The van der Waals surface area contributed by atoms with Gasteiger partial charge in [-0.2, -0.15) is 11.8 Å². The van der Waals surface area contributed by atoms with Gasteiger partial charge < -0.3 is 5.43 Å². The molecule has 0 aliphatic rings. The fraction of sp³-hybridized carbons (Fsp3) is 0.500. The average molecular weight is 198 g/mol. The summed E-state index contributed by atoms with van der Waals surface area (Å²) in [6, 6.07) is 0. The molecule has 1 aromatic rings. The lowest BCUT2D eigenvalue weighted by Gasteiger charge is -2.08. The van der Waals surface area contributed by atoms with Gasteiger partial charge in [-0.25, -0.2) is 15.8 Å². The van der Waals surface area contributed by atoms with Gasteiger partial charge in [-0.3, -0.25) is 0 Å². The van der Waals surface area contributed by atoms with Crippen LogP contribution in [0.3, 0.4) is 0 Å².